The van der Waals surface area contributed by atoms with E-state index in [-0.39, 0.29) is 11.3 Å². The van der Waals surface area contributed by atoms with Crippen LogP contribution >= 0.6 is 11.6 Å². The lowest BCUT2D eigenvalue weighted by Gasteiger charge is -2.26. The van der Waals surface area contributed by atoms with Crippen LogP contribution in [0.4, 0.5) is 0 Å². The number of benzene rings is 1. The Bertz CT molecular complexity index is 1110. The number of aromatic nitrogens is 2. The lowest BCUT2D eigenvalue weighted by molar-refractivity contribution is 0.370. The van der Waals surface area contributed by atoms with Gasteiger partial charge in [0, 0.05) is 21.7 Å². The number of H-pyrrole nitrogens is 1. The smallest absolute Gasteiger partial charge is 0.244 e. The number of allylic oxidation sites excluding steroid dienone is 1. The maximum atomic E-state index is 9.75. The monoisotopic (exact) mass is 394 g/mol. The van der Waals surface area contributed by atoms with Crippen molar-refractivity contribution in [2.45, 2.75) is 32.1 Å². The van der Waals surface area contributed by atoms with Crippen LogP contribution in [0.25, 0.3) is 11.3 Å². The van der Waals surface area contributed by atoms with Gasteiger partial charge in [-0.1, -0.05) is 32.4 Å². The molecule has 1 aliphatic rings. The fourth-order valence-electron chi connectivity index (χ4n) is 3.38. The highest BCUT2D eigenvalue weighted by Crippen LogP contribution is 2.46. The predicted octanol–water partition coefficient (Wildman–Crippen LogP) is 4.84. The van der Waals surface area contributed by atoms with E-state index >= 15 is 0 Å². The van der Waals surface area contributed by atoms with Crippen molar-refractivity contribution in [3.63, 3.8) is 0 Å². The van der Waals surface area contributed by atoms with Crippen LogP contribution in [0, 0.1) is 11.3 Å². The molecule has 3 N–H and O–H groups in total. The number of nitrogens with two attached hydrogens (primary N) is 1. The van der Waals surface area contributed by atoms with Crippen molar-refractivity contribution in [1.82, 2.24) is 10.2 Å². The second-order valence-corrected chi connectivity index (χ2v) is 8.14. The first-order valence-corrected chi connectivity index (χ1v) is 9.19. The highest BCUT2D eigenvalue weighted by molar-refractivity contribution is 6.30. The molecule has 0 aliphatic carbocycles. The maximum absolute atomic E-state index is 9.75. The van der Waals surface area contributed by atoms with Crippen LogP contribution in [0.15, 0.2) is 52.3 Å². The molecule has 6 nitrogen and oxygen atoms in total. The molecule has 3 aromatic rings. The average molecular weight is 395 g/mol. The van der Waals surface area contributed by atoms with Gasteiger partial charge in [-0.05, 0) is 36.4 Å². The summed E-state index contributed by atoms with van der Waals surface area (Å²) in [6.45, 7) is 6.19. The summed E-state index contributed by atoms with van der Waals surface area (Å²) in [5.74, 6) is 1.19. The van der Waals surface area contributed by atoms with Gasteiger partial charge < -0.3 is 14.9 Å². The van der Waals surface area contributed by atoms with E-state index in [1.807, 2.05) is 24.3 Å². The van der Waals surface area contributed by atoms with E-state index in [1.54, 1.807) is 12.1 Å². The van der Waals surface area contributed by atoms with E-state index in [1.165, 1.54) is 0 Å². The number of hydrogen-bond donors (Lipinski definition) is 2. The van der Waals surface area contributed by atoms with Crippen LogP contribution in [0.3, 0.4) is 0 Å². The lowest BCUT2D eigenvalue weighted by Crippen LogP contribution is -2.23. The first kappa shape index (κ1) is 18.2. The normalized spacial score (nSPS) is 16.5. The van der Waals surface area contributed by atoms with Crippen LogP contribution in [0.1, 0.15) is 43.7 Å². The Labute approximate surface area is 167 Å². The quantitative estimate of drug-likeness (QED) is 0.647. The highest BCUT2D eigenvalue weighted by atomic mass is 35.5. The van der Waals surface area contributed by atoms with Crippen molar-refractivity contribution in [3.8, 4) is 23.3 Å². The van der Waals surface area contributed by atoms with Gasteiger partial charge >= 0.3 is 0 Å². The molecule has 0 fully saturated rings. The standard InChI is InChI=1S/C21H19ClN4O2/c1-21(2,3)18-17-16(13(10-23)19(24)28-20(17)26-25-18)15-9-8-14(27-15)11-4-6-12(22)7-5-11/h4-9,16H,24H2,1-3H3,(H,25,26)/t16-/m1/s1. The number of aromatic amines is 1. The fourth-order valence-corrected chi connectivity index (χ4v) is 3.50. The number of nitriles is 1. The molecule has 0 saturated carbocycles. The molecule has 0 radical (unpaired) electrons. The van der Waals surface area contributed by atoms with Crippen LogP contribution in [-0.2, 0) is 5.41 Å². The van der Waals surface area contributed by atoms with Crippen LogP contribution < -0.4 is 10.5 Å². The van der Waals surface area contributed by atoms with Crippen molar-refractivity contribution in [3.05, 3.63) is 69.9 Å². The van der Waals surface area contributed by atoms with Gasteiger partial charge in [0.05, 0.1) is 11.5 Å². The van der Waals surface area contributed by atoms with E-state index in [4.69, 9.17) is 26.5 Å². The van der Waals surface area contributed by atoms with E-state index in [0.717, 1.165) is 16.8 Å². The Balaban J connectivity index is 1.86. The molecule has 4 rings (SSSR count). The summed E-state index contributed by atoms with van der Waals surface area (Å²) >= 11 is 5.97. The van der Waals surface area contributed by atoms with Crippen LogP contribution in [0.5, 0.6) is 5.88 Å². The minimum Gasteiger partial charge on any atom is -0.460 e. The summed E-state index contributed by atoms with van der Waals surface area (Å²) < 4.78 is 11.7. The number of fused-ring (bicyclic) bond motifs is 1. The number of halogens is 1. The molecule has 142 valence electrons. The molecule has 0 unspecified atom stereocenters. The van der Waals surface area contributed by atoms with Gasteiger partial charge in [0.1, 0.15) is 23.2 Å². The first-order valence-electron chi connectivity index (χ1n) is 8.81. The summed E-state index contributed by atoms with van der Waals surface area (Å²) in [7, 11) is 0. The fraction of sp³-hybridized carbons (Fsp3) is 0.238. The van der Waals surface area contributed by atoms with Gasteiger partial charge in [-0.15, -0.1) is 5.10 Å². The van der Waals surface area contributed by atoms with E-state index in [2.05, 4.69) is 37.0 Å². The molecule has 1 aliphatic heterocycles. The summed E-state index contributed by atoms with van der Waals surface area (Å²) in [5.41, 5.74) is 8.61. The topological polar surface area (TPSA) is 101 Å². The first-order chi connectivity index (χ1) is 13.3. The zero-order valence-corrected chi connectivity index (χ0v) is 16.5. The molecule has 1 atom stereocenters. The molecule has 0 spiro atoms. The minimum absolute atomic E-state index is 0.0383. The number of hydrogen-bond acceptors (Lipinski definition) is 5. The third-order valence-electron chi connectivity index (χ3n) is 4.73. The third-order valence-corrected chi connectivity index (χ3v) is 4.98. The zero-order chi connectivity index (χ0) is 20.1. The molecular weight excluding hydrogens is 376 g/mol. The second-order valence-electron chi connectivity index (χ2n) is 7.70. The van der Waals surface area contributed by atoms with Crippen molar-refractivity contribution in [2.75, 3.05) is 0 Å². The molecular formula is C21H19ClN4O2. The Kier molecular flexibility index (Phi) is 4.20. The van der Waals surface area contributed by atoms with Crippen molar-refractivity contribution < 1.29 is 9.15 Å². The average Bonchev–Trinajstić information content (AvgIpc) is 3.27. The Morgan fingerprint density at radius 2 is 1.89 bits per heavy atom. The van der Waals surface area contributed by atoms with Gasteiger partial charge in [0.2, 0.25) is 11.8 Å². The largest absolute Gasteiger partial charge is 0.460 e. The number of rotatable bonds is 2. The predicted molar refractivity (Wildman–Crippen MR) is 106 cm³/mol. The van der Waals surface area contributed by atoms with Gasteiger partial charge in [-0.25, -0.2) is 0 Å². The third kappa shape index (κ3) is 2.94. The Morgan fingerprint density at radius 3 is 2.54 bits per heavy atom. The van der Waals surface area contributed by atoms with E-state index in [0.29, 0.717) is 28.0 Å². The summed E-state index contributed by atoms with van der Waals surface area (Å²) in [6.07, 6.45) is 0. The molecule has 7 heteroatoms. The molecule has 0 bridgehead atoms. The van der Waals surface area contributed by atoms with E-state index < -0.39 is 5.92 Å². The molecule has 28 heavy (non-hydrogen) atoms. The molecule has 0 saturated heterocycles. The minimum atomic E-state index is -0.497. The number of nitrogens with zero attached hydrogens (tertiary/aromatic N) is 2. The van der Waals surface area contributed by atoms with Gasteiger partial charge in [-0.2, -0.15) is 5.26 Å². The highest BCUT2D eigenvalue weighted by Gasteiger charge is 2.39. The summed E-state index contributed by atoms with van der Waals surface area (Å²) in [5, 5.41) is 17.7. The van der Waals surface area contributed by atoms with Gasteiger partial charge in [-0.3, -0.25) is 5.10 Å². The van der Waals surface area contributed by atoms with Gasteiger partial charge in [0.15, 0.2) is 0 Å². The van der Waals surface area contributed by atoms with Crippen molar-refractivity contribution in [1.29, 1.82) is 5.26 Å². The lowest BCUT2D eigenvalue weighted by atomic mass is 9.81. The van der Waals surface area contributed by atoms with E-state index in [9.17, 15) is 5.26 Å². The molecule has 3 heterocycles. The Hall–Kier alpha value is -3.17. The van der Waals surface area contributed by atoms with Crippen LogP contribution in [0.2, 0.25) is 5.02 Å². The summed E-state index contributed by atoms with van der Waals surface area (Å²) in [4.78, 5) is 0. The molecule has 2 aromatic heterocycles. The number of ether oxygens (including phenoxy) is 1. The Morgan fingerprint density at radius 1 is 1.18 bits per heavy atom. The number of furan rings is 1. The van der Waals surface area contributed by atoms with Crippen molar-refractivity contribution in [2.24, 2.45) is 5.73 Å². The van der Waals surface area contributed by atoms with Crippen LogP contribution in [-0.4, -0.2) is 10.2 Å². The molecule has 0 amide bonds. The van der Waals surface area contributed by atoms with Crippen molar-refractivity contribution >= 4 is 11.6 Å². The molecule has 1 aromatic carbocycles. The maximum Gasteiger partial charge on any atom is 0.244 e. The zero-order valence-electron chi connectivity index (χ0n) is 15.7. The second kappa shape index (κ2) is 6.47. The number of nitrogens with one attached hydrogen (secondary N) is 1. The summed E-state index contributed by atoms with van der Waals surface area (Å²) in [6, 6.07) is 13.3. The SMILES string of the molecule is CC(C)(C)c1[nH]nc2c1[C@@H](c1ccc(-c3ccc(Cl)cc3)o1)C(C#N)=C(N)O2. The van der Waals surface area contributed by atoms with Gasteiger partial charge in [0.25, 0.3) is 0 Å².